The molecule has 0 amide bonds. The third-order valence-corrected chi connectivity index (χ3v) is 2.37. The van der Waals surface area contributed by atoms with Crippen LogP contribution in [0.4, 0.5) is 0 Å². The van der Waals surface area contributed by atoms with Crippen LogP contribution in [0.5, 0.6) is 0 Å². The highest BCUT2D eigenvalue weighted by molar-refractivity contribution is 4.92. The van der Waals surface area contributed by atoms with E-state index in [9.17, 15) is 0 Å². The summed E-state index contributed by atoms with van der Waals surface area (Å²) in [5.74, 6) is 1.90. The monoisotopic (exact) mass is 153 g/mol. The number of hydrogen-bond acceptors (Lipinski definition) is 1. The molecule has 1 heteroatoms. The van der Waals surface area contributed by atoms with Crippen LogP contribution >= 0.6 is 0 Å². The molecule has 2 N–H and O–H groups in total. The third kappa shape index (κ3) is 3.57. The molecule has 1 aliphatic rings. The highest BCUT2D eigenvalue weighted by atomic mass is 14.6. The minimum Gasteiger partial charge on any atom is -0.325 e. The Morgan fingerprint density at radius 3 is 2.55 bits per heavy atom. The summed E-state index contributed by atoms with van der Waals surface area (Å²) in [6.45, 7) is 4.35. The smallest absolute Gasteiger partial charge is 0.0194 e. The second-order valence-electron chi connectivity index (χ2n) is 3.84. The van der Waals surface area contributed by atoms with Crippen molar-refractivity contribution in [3.8, 4) is 0 Å². The molecule has 0 spiro atoms. The summed E-state index contributed by atoms with van der Waals surface area (Å²) in [7, 11) is 0. The van der Waals surface area contributed by atoms with Crippen LogP contribution in [0.1, 0.15) is 33.1 Å². The van der Waals surface area contributed by atoms with Gasteiger partial charge in [0.1, 0.15) is 0 Å². The Balaban J connectivity index is 2.09. The fourth-order valence-corrected chi connectivity index (χ4v) is 1.37. The molecule has 0 aliphatic heterocycles. The average molecular weight is 153 g/mol. The molecule has 11 heavy (non-hydrogen) atoms. The Kier molecular flexibility index (Phi) is 3.13. The lowest BCUT2D eigenvalue weighted by atomic mass is 10.0. The molecule has 1 saturated carbocycles. The van der Waals surface area contributed by atoms with Crippen LogP contribution in [0.3, 0.4) is 0 Å². The summed E-state index contributed by atoms with van der Waals surface area (Å²) in [5, 5.41) is 0. The molecule has 2 atom stereocenters. The van der Waals surface area contributed by atoms with Gasteiger partial charge in [-0.2, -0.15) is 0 Å². The van der Waals surface area contributed by atoms with Crippen molar-refractivity contribution in [3.05, 3.63) is 12.2 Å². The van der Waals surface area contributed by atoms with Crippen molar-refractivity contribution in [1.82, 2.24) is 0 Å². The largest absolute Gasteiger partial charge is 0.325 e. The lowest BCUT2D eigenvalue weighted by molar-refractivity contribution is 0.516. The van der Waals surface area contributed by atoms with E-state index in [4.69, 9.17) is 5.73 Å². The second kappa shape index (κ2) is 3.91. The van der Waals surface area contributed by atoms with E-state index in [2.05, 4.69) is 19.1 Å². The topological polar surface area (TPSA) is 26.0 Å². The van der Waals surface area contributed by atoms with E-state index in [1.807, 2.05) is 6.92 Å². The zero-order chi connectivity index (χ0) is 8.27. The summed E-state index contributed by atoms with van der Waals surface area (Å²) in [6, 6.07) is 0.224. The maximum atomic E-state index is 5.58. The molecule has 2 unspecified atom stereocenters. The van der Waals surface area contributed by atoms with Crippen LogP contribution in [0, 0.1) is 11.8 Å². The average Bonchev–Trinajstić information content (AvgIpc) is 2.66. The Hall–Kier alpha value is -0.300. The van der Waals surface area contributed by atoms with Gasteiger partial charge >= 0.3 is 0 Å². The molecule has 0 radical (unpaired) electrons. The lowest BCUT2D eigenvalue weighted by Gasteiger charge is -2.05. The molecule has 0 saturated heterocycles. The van der Waals surface area contributed by atoms with Crippen molar-refractivity contribution in [1.29, 1.82) is 0 Å². The van der Waals surface area contributed by atoms with Gasteiger partial charge in [-0.15, -0.1) is 0 Å². The van der Waals surface area contributed by atoms with Gasteiger partial charge < -0.3 is 5.73 Å². The molecule has 0 bridgehead atoms. The van der Waals surface area contributed by atoms with Crippen molar-refractivity contribution in [2.45, 2.75) is 39.2 Å². The summed E-state index contributed by atoms with van der Waals surface area (Å²) in [5.41, 5.74) is 5.58. The fourth-order valence-electron chi connectivity index (χ4n) is 1.37. The standard InChI is InChI=1S/C10H19N/c1-8(10-6-7-10)4-3-5-9(2)11/h3,5,8-10H,4,6-7,11H2,1-2H3/b5-3+. The SMILES string of the molecule is CC(N)/C=C/CC(C)C1CC1. The van der Waals surface area contributed by atoms with Crippen LogP contribution in [0.2, 0.25) is 0 Å². The van der Waals surface area contributed by atoms with Crippen molar-refractivity contribution >= 4 is 0 Å². The zero-order valence-electron chi connectivity index (χ0n) is 7.59. The predicted octanol–water partition coefficient (Wildman–Crippen LogP) is 2.33. The van der Waals surface area contributed by atoms with E-state index in [0.29, 0.717) is 0 Å². The Morgan fingerprint density at radius 2 is 2.09 bits per heavy atom. The molecular weight excluding hydrogens is 134 g/mol. The number of hydrogen-bond donors (Lipinski definition) is 1. The van der Waals surface area contributed by atoms with Crippen LogP contribution in [-0.2, 0) is 0 Å². The van der Waals surface area contributed by atoms with Gasteiger partial charge in [-0.3, -0.25) is 0 Å². The van der Waals surface area contributed by atoms with Gasteiger partial charge in [0.2, 0.25) is 0 Å². The Morgan fingerprint density at radius 1 is 1.45 bits per heavy atom. The van der Waals surface area contributed by atoms with E-state index in [1.54, 1.807) is 0 Å². The van der Waals surface area contributed by atoms with E-state index < -0.39 is 0 Å². The van der Waals surface area contributed by atoms with Gasteiger partial charge in [-0.05, 0) is 38.0 Å². The summed E-state index contributed by atoms with van der Waals surface area (Å²) >= 11 is 0. The van der Waals surface area contributed by atoms with Gasteiger partial charge in [0, 0.05) is 6.04 Å². The molecule has 1 fully saturated rings. The molecule has 0 aromatic carbocycles. The molecular formula is C10H19N. The summed E-state index contributed by atoms with van der Waals surface area (Å²) < 4.78 is 0. The first-order valence-electron chi connectivity index (χ1n) is 4.62. The van der Waals surface area contributed by atoms with E-state index in [1.165, 1.54) is 19.3 Å². The first kappa shape index (κ1) is 8.79. The maximum Gasteiger partial charge on any atom is 0.0194 e. The summed E-state index contributed by atoms with van der Waals surface area (Å²) in [6.07, 6.45) is 8.44. The van der Waals surface area contributed by atoms with E-state index in [0.717, 1.165) is 11.8 Å². The summed E-state index contributed by atoms with van der Waals surface area (Å²) in [4.78, 5) is 0. The normalized spacial score (nSPS) is 23.9. The molecule has 0 aromatic heterocycles. The van der Waals surface area contributed by atoms with Crippen molar-refractivity contribution in [2.75, 3.05) is 0 Å². The molecule has 0 aromatic rings. The third-order valence-electron chi connectivity index (χ3n) is 2.37. The van der Waals surface area contributed by atoms with Crippen molar-refractivity contribution in [3.63, 3.8) is 0 Å². The zero-order valence-corrected chi connectivity index (χ0v) is 7.59. The van der Waals surface area contributed by atoms with Crippen LogP contribution in [-0.4, -0.2) is 6.04 Å². The molecule has 1 aliphatic carbocycles. The van der Waals surface area contributed by atoms with Gasteiger partial charge in [-0.1, -0.05) is 19.1 Å². The number of rotatable bonds is 4. The van der Waals surface area contributed by atoms with Crippen molar-refractivity contribution in [2.24, 2.45) is 17.6 Å². The minimum atomic E-state index is 0.224. The predicted molar refractivity (Wildman–Crippen MR) is 49.3 cm³/mol. The number of allylic oxidation sites excluding steroid dienone is 1. The first-order valence-corrected chi connectivity index (χ1v) is 4.62. The molecule has 64 valence electrons. The lowest BCUT2D eigenvalue weighted by Crippen LogP contribution is -2.10. The highest BCUT2D eigenvalue weighted by Gasteiger charge is 2.26. The van der Waals surface area contributed by atoms with Gasteiger partial charge in [-0.25, -0.2) is 0 Å². The minimum absolute atomic E-state index is 0.224. The van der Waals surface area contributed by atoms with Gasteiger partial charge in [0.25, 0.3) is 0 Å². The second-order valence-corrected chi connectivity index (χ2v) is 3.84. The first-order chi connectivity index (χ1) is 5.20. The quantitative estimate of drug-likeness (QED) is 0.616. The number of nitrogens with two attached hydrogens (primary N) is 1. The van der Waals surface area contributed by atoms with Crippen LogP contribution < -0.4 is 5.73 Å². The van der Waals surface area contributed by atoms with Crippen molar-refractivity contribution < 1.29 is 0 Å². The van der Waals surface area contributed by atoms with Crippen LogP contribution in [0.15, 0.2) is 12.2 Å². The molecule has 0 heterocycles. The maximum absolute atomic E-state index is 5.58. The molecule has 1 rings (SSSR count). The van der Waals surface area contributed by atoms with Gasteiger partial charge in [0.05, 0.1) is 0 Å². The van der Waals surface area contributed by atoms with E-state index in [-0.39, 0.29) is 6.04 Å². The van der Waals surface area contributed by atoms with Gasteiger partial charge in [0.15, 0.2) is 0 Å². The molecule has 1 nitrogen and oxygen atoms in total. The van der Waals surface area contributed by atoms with Crippen LogP contribution in [0.25, 0.3) is 0 Å². The highest BCUT2D eigenvalue weighted by Crippen LogP contribution is 2.38. The Bertz CT molecular complexity index is 134. The fraction of sp³-hybridized carbons (Fsp3) is 0.800. The Labute approximate surface area is 69.7 Å². The van der Waals surface area contributed by atoms with E-state index >= 15 is 0 Å².